The Morgan fingerprint density at radius 1 is 1.15 bits per heavy atom. The van der Waals surface area contributed by atoms with Gasteiger partial charge in [0.25, 0.3) is 0 Å². The number of hydrogen-bond acceptors (Lipinski definition) is 4. The van der Waals surface area contributed by atoms with E-state index in [-0.39, 0.29) is 5.91 Å². The number of furan rings is 1. The Hall–Kier alpha value is -3.86. The van der Waals surface area contributed by atoms with Gasteiger partial charge >= 0.3 is 0 Å². The standard InChI is InChI=1S/C28H28N2O3/c1-5-32-26-14-27-24(25(17-33-27)22-9-8-18(2)11-19(22)3)13-23(26)20(4)12-28(31)30-16-21-7-6-10-29-15-21/h6-15,17H,5,16H2,1-4H3,(H,30,31)/b20-12+. The molecule has 2 aromatic carbocycles. The van der Waals surface area contributed by atoms with Gasteiger partial charge in [-0.3, -0.25) is 9.78 Å². The van der Waals surface area contributed by atoms with Crippen molar-refractivity contribution in [3.63, 3.8) is 0 Å². The van der Waals surface area contributed by atoms with Gasteiger partial charge in [-0.15, -0.1) is 0 Å². The highest BCUT2D eigenvalue weighted by Gasteiger charge is 2.16. The monoisotopic (exact) mass is 440 g/mol. The van der Waals surface area contributed by atoms with Crippen LogP contribution in [0.25, 0.3) is 27.7 Å². The molecule has 0 aliphatic heterocycles. The summed E-state index contributed by atoms with van der Waals surface area (Å²) < 4.78 is 11.8. The summed E-state index contributed by atoms with van der Waals surface area (Å²) in [4.78, 5) is 16.7. The molecule has 0 fully saturated rings. The molecule has 4 aromatic rings. The molecule has 4 rings (SSSR count). The van der Waals surface area contributed by atoms with E-state index in [9.17, 15) is 4.79 Å². The summed E-state index contributed by atoms with van der Waals surface area (Å²) in [5, 5.41) is 3.91. The van der Waals surface area contributed by atoms with Crippen molar-refractivity contribution in [2.75, 3.05) is 6.61 Å². The Bertz CT molecular complexity index is 1320. The lowest BCUT2D eigenvalue weighted by Crippen LogP contribution is -2.20. The van der Waals surface area contributed by atoms with E-state index in [1.165, 1.54) is 11.1 Å². The minimum absolute atomic E-state index is 0.166. The van der Waals surface area contributed by atoms with Crippen LogP contribution in [-0.2, 0) is 11.3 Å². The molecule has 1 N–H and O–H groups in total. The third kappa shape index (κ3) is 4.98. The fourth-order valence-electron chi connectivity index (χ4n) is 3.98. The first kappa shape index (κ1) is 22.3. The smallest absolute Gasteiger partial charge is 0.244 e. The molecule has 0 aliphatic carbocycles. The zero-order chi connectivity index (χ0) is 23.4. The number of benzene rings is 2. The molecule has 5 nitrogen and oxygen atoms in total. The summed E-state index contributed by atoms with van der Waals surface area (Å²) in [5.74, 6) is 0.529. The highest BCUT2D eigenvalue weighted by Crippen LogP contribution is 2.38. The number of amides is 1. The largest absolute Gasteiger partial charge is 0.493 e. The van der Waals surface area contributed by atoms with Gasteiger partial charge in [0.15, 0.2) is 0 Å². The Morgan fingerprint density at radius 2 is 2.00 bits per heavy atom. The fraction of sp³-hybridized carbons (Fsp3) is 0.214. The number of allylic oxidation sites excluding steroid dienone is 1. The van der Waals surface area contributed by atoms with Crippen LogP contribution in [0.4, 0.5) is 0 Å². The molecule has 0 unspecified atom stereocenters. The first-order valence-electron chi connectivity index (χ1n) is 11.1. The minimum atomic E-state index is -0.166. The van der Waals surface area contributed by atoms with Gasteiger partial charge < -0.3 is 14.5 Å². The molecule has 0 saturated heterocycles. The van der Waals surface area contributed by atoms with Gasteiger partial charge in [0.05, 0.1) is 12.9 Å². The number of aryl methyl sites for hydroxylation is 2. The van der Waals surface area contributed by atoms with E-state index in [0.717, 1.165) is 38.8 Å². The van der Waals surface area contributed by atoms with Crippen molar-refractivity contribution in [3.05, 3.63) is 89.5 Å². The Morgan fingerprint density at radius 3 is 2.73 bits per heavy atom. The summed E-state index contributed by atoms with van der Waals surface area (Å²) in [6.45, 7) is 9.00. The fourth-order valence-corrected chi connectivity index (χ4v) is 3.98. The van der Waals surface area contributed by atoms with Crippen LogP contribution in [-0.4, -0.2) is 17.5 Å². The highest BCUT2D eigenvalue weighted by atomic mass is 16.5. The first-order valence-corrected chi connectivity index (χ1v) is 11.1. The van der Waals surface area contributed by atoms with E-state index in [2.05, 4.69) is 48.4 Å². The normalized spacial score (nSPS) is 11.6. The molecule has 0 atom stereocenters. The molecule has 0 aliphatic rings. The second-order valence-corrected chi connectivity index (χ2v) is 8.15. The predicted molar refractivity (Wildman–Crippen MR) is 132 cm³/mol. The van der Waals surface area contributed by atoms with Crippen molar-refractivity contribution >= 4 is 22.4 Å². The quantitative estimate of drug-likeness (QED) is 0.346. The maximum absolute atomic E-state index is 12.6. The summed E-state index contributed by atoms with van der Waals surface area (Å²) >= 11 is 0. The Balaban J connectivity index is 1.69. The number of nitrogens with zero attached hydrogens (tertiary/aromatic N) is 1. The average molecular weight is 441 g/mol. The Kier molecular flexibility index (Phi) is 6.59. The molecule has 33 heavy (non-hydrogen) atoms. The van der Waals surface area contributed by atoms with E-state index in [1.807, 2.05) is 32.0 Å². The van der Waals surface area contributed by atoms with E-state index in [4.69, 9.17) is 9.15 Å². The van der Waals surface area contributed by atoms with Gasteiger partial charge in [-0.2, -0.15) is 0 Å². The molecular formula is C28H28N2O3. The topological polar surface area (TPSA) is 64.4 Å². The lowest BCUT2D eigenvalue weighted by molar-refractivity contribution is -0.116. The number of ether oxygens (including phenoxy) is 1. The van der Waals surface area contributed by atoms with Crippen molar-refractivity contribution in [2.45, 2.75) is 34.2 Å². The molecule has 0 bridgehead atoms. The predicted octanol–water partition coefficient (Wildman–Crippen LogP) is 6.23. The summed E-state index contributed by atoms with van der Waals surface area (Å²) in [6.07, 6.45) is 6.85. The zero-order valence-electron chi connectivity index (χ0n) is 19.4. The number of hydrogen-bond donors (Lipinski definition) is 1. The van der Waals surface area contributed by atoms with E-state index >= 15 is 0 Å². The SMILES string of the molecule is CCOc1cc2occ(-c3ccc(C)cc3C)c2cc1/C(C)=C/C(=O)NCc1cccnc1. The van der Waals surface area contributed by atoms with E-state index < -0.39 is 0 Å². The minimum Gasteiger partial charge on any atom is -0.493 e. The van der Waals surface area contributed by atoms with Gasteiger partial charge in [-0.1, -0.05) is 29.8 Å². The maximum Gasteiger partial charge on any atom is 0.244 e. The molecule has 0 saturated carbocycles. The number of carbonyl (C=O) groups excluding carboxylic acids is 1. The van der Waals surface area contributed by atoms with Gasteiger partial charge in [-0.05, 0) is 62.1 Å². The number of fused-ring (bicyclic) bond motifs is 1. The number of pyridine rings is 1. The molecule has 5 heteroatoms. The molecule has 1 amide bonds. The number of rotatable bonds is 7. The highest BCUT2D eigenvalue weighted by molar-refractivity contribution is 6.00. The lowest BCUT2D eigenvalue weighted by Gasteiger charge is -2.12. The van der Waals surface area contributed by atoms with Crippen LogP contribution >= 0.6 is 0 Å². The maximum atomic E-state index is 12.6. The first-order chi connectivity index (χ1) is 16.0. The molecule has 168 valence electrons. The van der Waals surface area contributed by atoms with Crippen molar-refractivity contribution in [2.24, 2.45) is 0 Å². The van der Waals surface area contributed by atoms with Crippen LogP contribution in [0.15, 0.2) is 71.6 Å². The molecule has 2 heterocycles. The van der Waals surface area contributed by atoms with Gasteiger partial charge in [0.2, 0.25) is 5.91 Å². The van der Waals surface area contributed by atoms with Crippen LogP contribution < -0.4 is 10.1 Å². The molecule has 2 aromatic heterocycles. The number of aromatic nitrogens is 1. The number of carbonyl (C=O) groups is 1. The van der Waals surface area contributed by atoms with Gasteiger partial charge in [0, 0.05) is 47.6 Å². The summed E-state index contributed by atoms with van der Waals surface area (Å²) in [5.41, 5.74) is 7.96. The van der Waals surface area contributed by atoms with Crippen molar-refractivity contribution in [1.82, 2.24) is 10.3 Å². The van der Waals surface area contributed by atoms with Crippen molar-refractivity contribution < 1.29 is 13.9 Å². The van der Waals surface area contributed by atoms with Crippen LogP contribution in [0, 0.1) is 13.8 Å². The van der Waals surface area contributed by atoms with Gasteiger partial charge in [0.1, 0.15) is 11.3 Å². The molecular weight excluding hydrogens is 412 g/mol. The van der Waals surface area contributed by atoms with Crippen LogP contribution in [0.5, 0.6) is 5.75 Å². The second kappa shape index (κ2) is 9.74. The summed E-state index contributed by atoms with van der Waals surface area (Å²) in [6, 6.07) is 14.1. The molecule has 0 radical (unpaired) electrons. The van der Waals surface area contributed by atoms with Crippen molar-refractivity contribution in [3.8, 4) is 16.9 Å². The third-order valence-corrected chi connectivity index (χ3v) is 5.61. The number of nitrogens with one attached hydrogen (secondary N) is 1. The Labute approximate surface area is 194 Å². The van der Waals surface area contributed by atoms with Crippen LogP contribution in [0.2, 0.25) is 0 Å². The van der Waals surface area contributed by atoms with E-state index in [0.29, 0.717) is 18.9 Å². The van der Waals surface area contributed by atoms with Gasteiger partial charge in [-0.25, -0.2) is 0 Å². The average Bonchev–Trinajstić information content (AvgIpc) is 3.20. The molecule has 0 spiro atoms. The lowest BCUT2D eigenvalue weighted by atomic mass is 9.96. The van der Waals surface area contributed by atoms with Crippen LogP contribution in [0.1, 0.15) is 36.1 Å². The van der Waals surface area contributed by atoms with E-state index in [1.54, 1.807) is 24.7 Å². The summed E-state index contributed by atoms with van der Waals surface area (Å²) in [7, 11) is 0. The van der Waals surface area contributed by atoms with Crippen molar-refractivity contribution in [1.29, 1.82) is 0 Å². The van der Waals surface area contributed by atoms with Crippen LogP contribution in [0.3, 0.4) is 0 Å². The third-order valence-electron chi connectivity index (χ3n) is 5.61. The zero-order valence-corrected chi connectivity index (χ0v) is 19.4. The second-order valence-electron chi connectivity index (χ2n) is 8.15.